The third kappa shape index (κ3) is 4.38. The van der Waals surface area contributed by atoms with Crippen molar-refractivity contribution >= 4 is 12.0 Å². The van der Waals surface area contributed by atoms with Gasteiger partial charge in [-0.25, -0.2) is 4.79 Å². The average molecular weight is 272 g/mol. The molecule has 19 heavy (non-hydrogen) atoms. The van der Waals surface area contributed by atoms with Gasteiger partial charge in [0.15, 0.2) is 0 Å². The number of carboxylic acid groups (broad SMARTS) is 1. The minimum absolute atomic E-state index is 0.0110. The minimum atomic E-state index is -0.836. The molecule has 0 saturated carbocycles. The average Bonchev–Trinajstić information content (AvgIpc) is 2.68. The molecule has 1 saturated heterocycles. The molecule has 0 bridgehead atoms. The second-order valence-corrected chi connectivity index (χ2v) is 5.68. The maximum atomic E-state index is 12.0. The van der Waals surface area contributed by atoms with E-state index in [1.165, 1.54) is 0 Å². The molecule has 2 unspecified atom stereocenters. The topological polar surface area (TPSA) is 78.9 Å². The molecule has 1 fully saturated rings. The number of nitrogens with zero attached hydrogens (tertiary/aromatic N) is 1. The third-order valence-electron chi connectivity index (χ3n) is 3.42. The van der Waals surface area contributed by atoms with E-state index in [1.807, 2.05) is 27.7 Å². The van der Waals surface area contributed by atoms with Crippen LogP contribution in [-0.2, 0) is 9.53 Å². The van der Waals surface area contributed by atoms with E-state index in [4.69, 9.17) is 9.84 Å². The van der Waals surface area contributed by atoms with E-state index in [2.05, 4.69) is 5.32 Å². The quantitative estimate of drug-likeness (QED) is 0.787. The molecule has 0 spiro atoms. The summed E-state index contributed by atoms with van der Waals surface area (Å²) in [7, 11) is 0. The highest BCUT2D eigenvalue weighted by Crippen LogP contribution is 2.23. The first kappa shape index (κ1) is 15.8. The Morgan fingerprint density at radius 2 is 2.05 bits per heavy atom. The molecular formula is C13H24N2O4. The van der Waals surface area contributed by atoms with E-state index in [1.54, 1.807) is 4.90 Å². The zero-order chi connectivity index (χ0) is 14.6. The van der Waals surface area contributed by atoms with Crippen molar-refractivity contribution in [1.82, 2.24) is 10.2 Å². The van der Waals surface area contributed by atoms with E-state index >= 15 is 0 Å². The molecule has 1 aliphatic rings. The molecular weight excluding hydrogens is 248 g/mol. The van der Waals surface area contributed by atoms with Crippen molar-refractivity contribution in [3.05, 3.63) is 0 Å². The maximum Gasteiger partial charge on any atom is 0.317 e. The van der Waals surface area contributed by atoms with Crippen molar-refractivity contribution in [3.63, 3.8) is 0 Å². The van der Waals surface area contributed by atoms with E-state index in [-0.39, 0.29) is 18.5 Å². The fourth-order valence-corrected chi connectivity index (χ4v) is 2.30. The van der Waals surface area contributed by atoms with E-state index in [0.29, 0.717) is 19.7 Å². The Labute approximate surface area is 114 Å². The van der Waals surface area contributed by atoms with Crippen LogP contribution in [0.2, 0.25) is 0 Å². The summed E-state index contributed by atoms with van der Waals surface area (Å²) in [5.41, 5.74) is -0.415. The van der Waals surface area contributed by atoms with E-state index in [9.17, 15) is 9.59 Å². The fraction of sp³-hybridized carbons (Fsp3) is 0.846. The number of aliphatic carboxylic acids is 1. The van der Waals surface area contributed by atoms with Crippen LogP contribution in [0.25, 0.3) is 0 Å². The van der Waals surface area contributed by atoms with Crippen LogP contribution in [0.3, 0.4) is 0 Å². The van der Waals surface area contributed by atoms with Crippen molar-refractivity contribution in [1.29, 1.82) is 0 Å². The molecule has 1 heterocycles. The van der Waals surface area contributed by atoms with Crippen molar-refractivity contribution in [2.45, 2.75) is 33.3 Å². The van der Waals surface area contributed by atoms with Gasteiger partial charge in [-0.15, -0.1) is 0 Å². The van der Waals surface area contributed by atoms with Gasteiger partial charge in [-0.2, -0.15) is 0 Å². The molecule has 110 valence electrons. The molecule has 0 aromatic rings. The zero-order valence-corrected chi connectivity index (χ0v) is 12.1. The molecule has 6 heteroatoms. The Morgan fingerprint density at radius 1 is 1.42 bits per heavy atom. The molecule has 1 aliphatic heterocycles. The second kappa shape index (κ2) is 6.23. The van der Waals surface area contributed by atoms with Gasteiger partial charge >= 0.3 is 12.0 Å². The number of carboxylic acids is 1. The summed E-state index contributed by atoms with van der Waals surface area (Å²) in [6.45, 7) is 9.33. The van der Waals surface area contributed by atoms with E-state index in [0.717, 1.165) is 0 Å². The predicted octanol–water partition coefficient (Wildman–Crippen LogP) is 1.16. The number of likely N-dealkylation sites (tertiary alicyclic amines) is 1. The summed E-state index contributed by atoms with van der Waals surface area (Å²) < 4.78 is 5.50. The standard InChI is InChI=1S/C13H24N2O4/c1-5-19-13(3,4)8-14-12(18)15-6-9(2)10(7-15)11(16)17/h9-10H,5-8H2,1-4H3,(H,14,18)(H,16,17). The van der Waals surface area contributed by atoms with Gasteiger partial charge in [0.2, 0.25) is 0 Å². The molecule has 2 atom stereocenters. The number of urea groups is 1. The number of rotatable bonds is 5. The number of nitrogens with one attached hydrogen (secondary N) is 1. The van der Waals surface area contributed by atoms with Gasteiger partial charge in [0.05, 0.1) is 11.5 Å². The first-order chi connectivity index (χ1) is 8.76. The minimum Gasteiger partial charge on any atom is -0.481 e. The van der Waals surface area contributed by atoms with Gasteiger partial charge in [-0.05, 0) is 26.7 Å². The van der Waals surface area contributed by atoms with Gasteiger partial charge in [-0.1, -0.05) is 6.92 Å². The molecule has 0 aromatic carbocycles. The Morgan fingerprint density at radius 3 is 2.53 bits per heavy atom. The van der Waals surface area contributed by atoms with Gasteiger partial charge < -0.3 is 20.1 Å². The molecule has 2 amide bonds. The predicted molar refractivity (Wildman–Crippen MR) is 71.0 cm³/mol. The normalized spacial score (nSPS) is 23.5. The zero-order valence-electron chi connectivity index (χ0n) is 12.1. The summed E-state index contributed by atoms with van der Waals surface area (Å²) in [4.78, 5) is 24.5. The van der Waals surface area contributed by atoms with Crippen LogP contribution in [0.4, 0.5) is 4.79 Å². The van der Waals surface area contributed by atoms with Crippen LogP contribution in [0.5, 0.6) is 0 Å². The van der Waals surface area contributed by atoms with Gasteiger partial charge in [0, 0.05) is 26.2 Å². The molecule has 1 rings (SSSR count). The summed E-state index contributed by atoms with van der Waals surface area (Å²) in [6.07, 6.45) is 0. The Kier molecular flexibility index (Phi) is 5.17. The lowest BCUT2D eigenvalue weighted by Crippen LogP contribution is -2.46. The van der Waals surface area contributed by atoms with Crippen LogP contribution in [-0.4, -0.2) is 53.8 Å². The van der Waals surface area contributed by atoms with Crippen molar-refractivity contribution in [2.75, 3.05) is 26.2 Å². The van der Waals surface area contributed by atoms with Crippen LogP contribution >= 0.6 is 0 Å². The summed E-state index contributed by atoms with van der Waals surface area (Å²) >= 11 is 0. The van der Waals surface area contributed by atoms with E-state index < -0.39 is 17.5 Å². The number of hydrogen-bond acceptors (Lipinski definition) is 3. The molecule has 2 N–H and O–H groups in total. The summed E-state index contributed by atoms with van der Waals surface area (Å²) in [5, 5.41) is 11.8. The summed E-state index contributed by atoms with van der Waals surface area (Å²) in [5.74, 6) is -1.31. The lowest BCUT2D eigenvalue weighted by molar-refractivity contribution is -0.142. The Hall–Kier alpha value is -1.30. The second-order valence-electron chi connectivity index (χ2n) is 5.68. The number of amides is 2. The highest BCUT2D eigenvalue weighted by Gasteiger charge is 2.37. The SMILES string of the molecule is CCOC(C)(C)CNC(=O)N1CC(C)C(C(=O)O)C1. The number of carbonyl (C=O) groups is 2. The smallest absolute Gasteiger partial charge is 0.317 e. The summed E-state index contributed by atoms with van der Waals surface area (Å²) in [6, 6.07) is -0.219. The van der Waals surface area contributed by atoms with Crippen LogP contribution in [0.1, 0.15) is 27.7 Å². The van der Waals surface area contributed by atoms with Crippen molar-refractivity contribution < 1.29 is 19.4 Å². The van der Waals surface area contributed by atoms with Crippen LogP contribution < -0.4 is 5.32 Å². The van der Waals surface area contributed by atoms with Gasteiger partial charge in [0.1, 0.15) is 0 Å². The fourth-order valence-electron chi connectivity index (χ4n) is 2.30. The highest BCUT2D eigenvalue weighted by molar-refractivity contribution is 5.77. The molecule has 6 nitrogen and oxygen atoms in total. The number of carbonyl (C=O) groups excluding carboxylic acids is 1. The first-order valence-corrected chi connectivity index (χ1v) is 6.66. The highest BCUT2D eigenvalue weighted by atomic mass is 16.5. The molecule has 0 radical (unpaired) electrons. The largest absolute Gasteiger partial charge is 0.481 e. The Bertz CT molecular complexity index is 344. The Balaban J connectivity index is 2.45. The third-order valence-corrected chi connectivity index (χ3v) is 3.42. The molecule has 0 aliphatic carbocycles. The first-order valence-electron chi connectivity index (χ1n) is 6.66. The lowest BCUT2D eigenvalue weighted by atomic mass is 9.99. The van der Waals surface area contributed by atoms with Crippen molar-refractivity contribution in [2.24, 2.45) is 11.8 Å². The number of hydrogen-bond donors (Lipinski definition) is 2. The lowest BCUT2D eigenvalue weighted by Gasteiger charge is -2.26. The monoisotopic (exact) mass is 272 g/mol. The van der Waals surface area contributed by atoms with Crippen LogP contribution in [0, 0.1) is 11.8 Å². The van der Waals surface area contributed by atoms with Gasteiger partial charge in [-0.3, -0.25) is 4.79 Å². The van der Waals surface area contributed by atoms with Gasteiger partial charge in [0.25, 0.3) is 0 Å². The number of ether oxygens (including phenoxy) is 1. The van der Waals surface area contributed by atoms with Crippen LogP contribution in [0.15, 0.2) is 0 Å². The molecule has 0 aromatic heterocycles. The maximum absolute atomic E-state index is 12.0. The van der Waals surface area contributed by atoms with Crippen molar-refractivity contribution in [3.8, 4) is 0 Å².